The van der Waals surface area contributed by atoms with E-state index in [9.17, 15) is 23.3 Å². The molecule has 0 saturated heterocycles. The van der Waals surface area contributed by atoms with Crippen LogP contribution in [0.1, 0.15) is 33.3 Å². The SMILES string of the molecule is CC(=O)Nc1ccc(S(=O)(=O)/C(C#N)=C/c2cn(CC(=O)OC(C)(C)C)c3ccccc23)cc1. The van der Waals surface area contributed by atoms with Crippen LogP contribution in [0, 0.1) is 11.3 Å². The lowest BCUT2D eigenvalue weighted by atomic mass is 10.1. The molecule has 0 unspecified atom stereocenters. The molecular weight excluding hydrogens is 454 g/mol. The highest BCUT2D eigenvalue weighted by Crippen LogP contribution is 2.28. The summed E-state index contributed by atoms with van der Waals surface area (Å²) in [5.74, 6) is -0.716. The number of benzene rings is 2. The molecule has 0 fully saturated rings. The van der Waals surface area contributed by atoms with Gasteiger partial charge in [0.2, 0.25) is 15.7 Å². The molecule has 0 saturated carbocycles. The molecule has 34 heavy (non-hydrogen) atoms. The van der Waals surface area contributed by atoms with Crippen molar-refractivity contribution in [1.82, 2.24) is 4.57 Å². The van der Waals surface area contributed by atoms with Crippen LogP contribution in [0.5, 0.6) is 0 Å². The smallest absolute Gasteiger partial charge is 0.326 e. The molecule has 0 radical (unpaired) electrons. The van der Waals surface area contributed by atoms with Gasteiger partial charge in [-0.3, -0.25) is 9.59 Å². The number of carbonyl (C=O) groups is 2. The van der Waals surface area contributed by atoms with Crippen LogP contribution < -0.4 is 5.32 Å². The number of amides is 1. The largest absolute Gasteiger partial charge is 0.459 e. The molecule has 2 aromatic carbocycles. The third-order valence-electron chi connectivity index (χ3n) is 4.71. The van der Waals surface area contributed by atoms with E-state index in [2.05, 4.69) is 5.32 Å². The van der Waals surface area contributed by atoms with Crippen molar-refractivity contribution in [2.75, 3.05) is 5.32 Å². The normalized spacial score (nSPS) is 12.3. The molecule has 176 valence electrons. The summed E-state index contributed by atoms with van der Waals surface area (Å²) in [6.45, 7) is 6.62. The van der Waals surface area contributed by atoms with Gasteiger partial charge in [0, 0.05) is 35.3 Å². The zero-order valence-corrected chi connectivity index (χ0v) is 20.1. The number of ether oxygens (including phenoxy) is 1. The minimum Gasteiger partial charge on any atom is -0.459 e. The van der Waals surface area contributed by atoms with Crippen molar-refractivity contribution >= 4 is 44.4 Å². The third kappa shape index (κ3) is 5.71. The molecule has 9 heteroatoms. The molecule has 0 atom stereocenters. The number of nitrogens with zero attached hydrogens (tertiary/aromatic N) is 2. The lowest BCUT2D eigenvalue weighted by Crippen LogP contribution is -2.26. The number of carbonyl (C=O) groups excluding carboxylic acids is 2. The van der Waals surface area contributed by atoms with Gasteiger partial charge >= 0.3 is 5.97 Å². The van der Waals surface area contributed by atoms with Crippen LogP contribution in [0.2, 0.25) is 0 Å². The number of esters is 1. The summed E-state index contributed by atoms with van der Waals surface area (Å²) in [5.41, 5.74) is 0.989. The average molecular weight is 480 g/mol. The fourth-order valence-corrected chi connectivity index (χ4v) is 4.54. The maximum absolute atomic E-state index is 13.1. The van der Waals surface area contributed by atoms with E-state index in [0.717, 1.165) is 0 Å². The molecule has 1 heterocycles. The lowest BCUT2D eigenvalue weighted by molar-refractivity contribution is -0.155. The van der Waals surface area contributed by atoms with E-state index in [1.165, 1.54) is 37.3 Å². The first-order valence-electron chi connectivity index (χ1n) is 10.4. The second kappa shape index (κ2) is 9.53. The van der Waals surface area contributed by atoms with Gasteiger partial charge in [-0.1, -0.05) is 18.2 Å². The molecule has 0 aliphatic carbocycles. The quantitative estimate of drug-likeness (QED) is 0.416. The highest BCUT2D eigenvalue weighted by Gasteiger charge is 2.22. The molecule has 0 bridgehead atoms. The molecule has 8 nitrogen and oxygen atoms in total. The van der Waals surface area contributed by atoms with Crippen molar-refractivity contribution in [2.24, 2.45) is 0 Å². The Labute approximate surface area is 198 Å². The Hall–Kier alpha value is -3.90. The van der Waals surface area contributed by atoms with Gasteiger partial charge in [0.15, 0.2) is 0 Å². The summed E-state index contributed by atoms with van der Waals surface area (Å²) < 4.78 is 33.3. The van der Waals surface area contributed by atoms with E-state index in [0.29, 0.717) is 22.2 Å². The zero-order chi connectivity index (χ0) is 25.1. The molecular formula is C25H25N3O5S. The fraction of sp³-hybridized carbons (Fsp3) is 0.240. The van der Waals surface area contributed by atoms with E-state index >= 15 is 0 Å². The molecule has 1 N–H and O–H groups in total. The van der Waals surface area contributed by atoms with Gasteiger partial charge in [-0.05, 0) is 57.2 Å². The number of nitriles is 1. The minimum atomic E-state index is -4.11. The van der Waals surface area contributed by atoms with Crippen molar-refractivity contribution in [1.29, 1.82) is 5.26 Å². The molecule has 1 amide bonds. The van der Waals surface area contributed by atoms with Crippen LogP contribution in [0.3, 0.4) is 0 Å². The van der Waals surface area contributed by atoms with Gasteiger partial charge in [-0.15, -0.1) is 0 Å². The van der Waals surface area contributed by atoms with E-state index in [1.54, 1.807) is 61.9 Å². The number of rotatable bonds is 6. The minimum absolute atomic E-state index is 0.0646. The maximum Gasteiger partial charge on any atom is 0.326 e. The number of sulfone groups is 1. The van der Waals surface area contributed by atoms with Gasteiger partial charge in [0.25, 0.3) is 0 Å². The predicted molar refractivity (Wildman–Crippen MR) is 129 cm³/mol. The van der Waals surface area contributed by atoms with E-state index in [4.69, 9.17) is 4.74 Å². The van der Waals surface area contributed by atoms with Crippen LogP contribution in [0.4, 0.5) is 5.69 Å². The topological polar surface area (TPSA) is 118 Å². The number of aromatic nitrogens is 1. The van der Waals surface area contributed by atoms with Crippen LogP contribution in [0.25, 0.3) is 17.0 Å². The highest BCUT2D eigenvalue weighted by molar-refractivity contribution is 7.95. The van der Waals surface area contributed by atoms with Crippen molar-refractivity contribution in [3.05, 3.63) is 65.2 Å². The first kappa shape index (κ1) is 24.7. The van der Waals surface area contributed by atoms with E-state index in [-0.39, 0.29) is 17.3 Å². The number of fused-ring (bicyclic) bond motifs is 1. The summed E-state index contributed by atoms with van der Waals surface area (Å²) in [6.07, 6.45) is 2.92. The molecule has 3 aromatic rings. The van der Waals surface area contributed by atoms with E-state index in [1.807, 2.05) is 0 Å². The first-order valence-corrected chi connectivity index (χ1v) is 11.9. The standard InChI is InChI=1S/C25H25N3O5S/c1-17(29)27-19-9-11-20(12-10-19)34(31,32)21(14-26)13-18-15-28(16-24(30)33-25(2,3)4)23-8-6-5-7-22(18)23/h5-13,15H,16H2,1-4H3,(H,27,29)/b21-13+. The number of anilines is 1. The van der Waals surface area contributed by atoms with Gasteiger partial charge in [0.05, 0.1) is 4.90 Å². The number of para-hydroxylation sites is 1. The summed E-state index contributed by atoms with van der Waals surface area (Å²) in [7, 11) is -4.11. The van der Waals surface area contributed by atoms with Gasteiger partial charge in [-0.2, -0.15) is 5.26 Å². The molecule has 0 aliphatic heterocycles. The van der Waals surface area contributed by atoms with Gasteiger partial charge in [-0.25, -0.2) is 8.42 Å². The zero-order valence-electron chi connectivity index (χ0n) is 19.3. The van der Waals surface area contributed by atoms with Crippen LogP contribution in [-0.2, 0) is 30.7 Å². The number of nitrogens with one attached hydrogen (secondary N) is 1. The second-order valence-electron chi connectivity index (χ2n) is 8.65. The van der Waals surface area contributed by atoms with Crippen LogP contribution in [-0.4, -0.2) is 30.5 Å². The fourth-order valence-electron chi connectivity index (χ4n) is 3.39. The monoisotopic (exact) mass is 479 g/mol. The Kier molecular flexibility index (Phi) is 6.93. The Balaban J connectivity index is 2.01. The van der Waals surface area contributed by atoms with Crippen molar-refractivity contribution in [3.63, 3.8) is 0 Å². The summed E-state index contributed by atoms with van der Waals surface area (Å²) in [5, 5.41) is 12.9. The predicted octanol–water partition coefficient (Wildman–Crippen LogP) is 4.28. The molecule has 0 aliphatic rings. The molecule has 0 spiro atoms. The van der Waals surface area contributed by atoms with E-state index < -0.39 is 26.3 Å². The van der Waals surface area contributed by atoms with Crippen molar-refractivity contribution in [2.45, 2.75) is 44.7 Å². The molecule has 3 rings (SSSR count). The van der Waals surface area contributed by atoms with Crippen LogP contribution in [0.15, 0.2) is 64.5 Å². The van der Waals surface area contributed by atoms with Crippen molar-refractivity contribution in [3.8, 4) is 6.07 Å². The average Bonchev–Trinajstić information content (AvgIpc) is 3.07. The number of hydrogen-bond donors (Lipinski definition) is 1. The highest BCUT2D eigenvalue weighted by atomic mass is 32.2. The Morgan fingerprint density at radius 2 is 1.76 bits per heavy atom. The maximum atomic E-state index is 13.1. The number of hydrogen-bond acceptors (Lipinski definition) is 6. The summed E-state index contributed by atoms with van der Waals surface area (Å²) >= 11 is 0. The van der Waals surface area contributed by atoms with Gasteiger partial charge in [0.1, 0.15) is 23.1 Å². The number of allylic oxidation sites excluding steroid dienone is 1. The second-order valence-corrected chi connectivity index (χ2v) is 10.6. The Morgan fingerprint density at radius 1 is 1.12 bits per heavy atom. The molecule has 1 aromatic heterocycles. The van der Waals surface area contributed by atoms with Crippen LogP contribution >= 0.6 is 0 Å². The summed E-state index contributed by atoms with van der Waals surface area (Å²) in [4.78, 5) is 23.0. The van der Waals surface area contributed by atoms with Crippen molar-refractivity contribution < 1.29 is 22.7 Å². The third-order valence-corrected chi connectivity index (χ3v) is 6.39. The lowest BCUT2D eigenvalue weighted by Gasteiger charge is -2.19. The van der Waals surface area contributed by atoms with Gasteiger partial charge < -0.3 is 14.6 Å². The Morgan fingerprint density at radius 3 is 2.35 bits per heavy atom. The Bertz CT molecular complexity index is 1420. The summed E-state index contributed by atoms with van der Waals surface area (Å²) in [6, 6.07) is 14.5. The first-order chi connectivity index (χ1) is 15.9.